The normalized spacial score (nSPS) is 18.1. The molecule has 0 bridgehead atoms. The lowest BCUT2D eigenvalue weighted by Gasteiger charge is -2.22. The van der Waals surface area contributed by atoms with Crippen molar-refractivity contribution >= 4 is 5.91 Å². The molecule has 18 heavy (non-hydrogen) atoms. The molecule has 2 N–H and O–H groups in total. The van der Waals surface area contributed by atoms with Gasteiger partial charge in [0.1, 0.15) is 5.69 Å². The van der Waals surface area contributed by atoms with E-state index in [0.717, 1.165) is 25.0 Å². The van der Waals surface area contributed by atoms with Gasteiger partial charge in [-0.25, -0.2) is 4.98 Å². The van der Waals surface area contributed by atoms with Crippen LogP contribution in [0.2, 0.25) is 0 Å². The number of amides is 1. The number of carbonyl (C=O) groups is 1. The molecule has 0 saturated heterocycles. The zero-order chi connectivity index (χ0) is 12.4. The number of fused-ring (bicyclic) bond motifs is 1. The van der Waals surface area contributed by atoms with E-state index in [0.29, 0.717) is 5.69 Å². The van der Waals surface area contributed by atoms with E-state index < -0.39 is 0 Å². The third-order valence-electron chi connectivity index (χ3n) is 3.15. The predicted octanol–water partition coefficient (Wildman–Crippen LogP) is 0.487. The van der Waals surface area contributed by atoms with E-state index in [1.807, 2.05) is 6.20 Å². The number of aromatic nitrogens is 4. The number of H-pyrrole nitrogens is 1. The molecule has 3 rings (SSSR count). The molecule has 1 unspecified atom stereocenters. The maximum absolute atomic E-state index is 11.9. The van der Waals surface area contributed by atoms with Crippen molar-refractivity contribution in [2.75, 3.05) is 0 Å². The van der Waals surface area contributed by atoms with Gasteiger partial charge in [0.05, 0.1) is 12.4 Å². The Morgan fingerprint density at radius 2 is 2.33 bits per heavy atom. The van der Waals surface area contributed by atoms with E-state index in [4.69, 9.17) is 0 Å². The number of nitrogens with one attached hydrogen (secondary N) is 2. The molecule has 1 aliphatic carbocycles. The van der Waals surface area contributed by atoms with E-state index in [2.05, 4.69) is 25.5 Å². The Hall–Kier alpha value is -2.24. The summed E-state index contributed by atoms with van der Waals surface area (Å²) in [7, 11) is 0. The van der Waals surface area contributed by atoms with Gasteiger partial charge in [0, 0.05) is 30.6 Å². The molecule has 2 aromatic heterocycles. The van der Waals surface area contributed by atoms with E-state index in [1.165, 1.54) is 18.0 Å². The summed E-state index contributed by atoms with van der Waals surface area (Å²) in [6, 6.07) is 0.132. The van der Waals surface area contributed by atoms with Crippen molar-refractivity contribution in [3.8, 4) is 0 Å². The zero-order valence-electron chi connectivity index (χ0n) is 9.76. The van der Waals surface area contributed by atoms with Crippen molar-refractivity contribution in [2.45, 2.75) is 25.3 Å². The first kappa shape index (κ1) is 10.9. The molecule has 2 heterocycles. The predicted molar refractivity (Wildman–Crippen MR) is 63.9 cm³/mol. The summed E-state index contributed by atoms with van der Waals surface area (Å²) in [6.07, 6.45) is 9.06. The molecule has 0 saturated carbocycles. The first-order chi connectivity index (χ1) is 8.83. The van der Waals surface area contributed by atoms with Crippen LogP contribution in [0, 0.1) is 0 Å². The molecule has 0 aromatic carbocycles. The maximum atomic E-state index is 11.9. The van der Waals surface area contributed by atoms with Crippen molar-refractivity contribution in [3.05, 3.63) is 41.7 Å². The Bertz CT molecular complexity index is 551. The minimum absolute atomic E-state index is 0.132. The summed E-state index contributed by atoms with van der Waals surface area (Å²) in [5.74, 6) is -0.170. The Balaban J connectivity index is 1.67. The third kappa shape index (κ3) is 2.09. The SMILES string of the molecule is O=C(NC1CCc2cn[nH]c2C1)c1cnccn1. The Morgan fingerprint density at radius 1 is 1.39 bits per heavy atom. The molecule has 0 spiro atoms. The molecule has 2 aromatic rings. The van der Waals surface area contributed by atoms with Crippen LogP contribution in [-0.4, -0.2) is 32.1 Å². The first-order valence-electron chi connectivity index (χ1n) is 5.91. The minimum atomic E-state index is -0.170. The second kappa shape index (κ2) is 4.56. The largest absolute Gasteiger partial charge is 0.348 e. The van der Waals surface area contributed by atoms with Crippen LogP contribution in [0.3, 0.4) is 0 Å². The summed E-state index contributed by atoms with van der Waals surface area (Å²) in [5.41, 5.74) is 2.72. The highest BCUT2D eigenvalue weighted by Gasteiger charge is 2.22. The Morgan fingerprint density at radius 3 is 3.17 bits per heavy atom. The number of nitrogens with zero attached hydrogens (tertiary/aromatic N) is 3. The first-order valence-corrected chi connectivity index (χ1v) is 5.91. The lowest BCUT2D eigenvalue weighted by atomic mass is 9.94. The summed E-state index contributed by atoms with van der Waals surface area (Å²) in [4.78, 5) is 19.8. The molecule has 1 aliphatic rings. The van der Waals surface area contributed by atoms with E-state index in [-0.39, 0.29) is 11.9 Å². The number of carbonyl (C=O) groups excluding carboxylic acids is 1. The highest BCUT2D eigenvalue weighted by molar-refractivity contribution is 5.92. The standard InChI is InChI=1S/C12H13N5O/c18-12(11-7-13-3-4-14-11)16-9-2-1-8-6-15-17-10(8)5-9/h3-4,6-7,9H,1-2,5H2,(H,15,17)(H,16,18). The molecule has 0 radical (unpaired) electrons. The average molecular weight is 243 g/mol. The van der Waals surface area contributed by atoms with Crippen LogP contribution in [-0.2, 0) is 12.8 Å². The van der Waals surface area contributed by atoms with Crippen LogP contribution in [0.4, 0.5) is 0 Å². The second-order valence-corrected chi connectivity index (χ2v) is 4.38. The van der Waals surface area contributed by atoms with Gasteiger partial charge >= 0.3 is 0 Å². The fourth-order valence-electron chi connectivity index (χ4n) is 2.21. The van der Waals surface area contributed by atoms with Gasteiger partial charge in [-0.05, 0) is 18.4 Å². The van der Waals surface area contributed by atoms with Crippen molar-refractivity contribution in [1.29, 1.82) is 0 Å². The van der Waals surface area contributed by atoms with Crippen LogP contribution >= 0.6 is 0 Å². The second-order valence-electron chi connectivity index (χ2n) is 4.38. The van der Waals surface area contributed by atoms with Gasteiger partial charge in [0.2, 0.25) is 0 Å². The summed E-state index contributed by atoms with van der Waals surface area (Å²) in [5, 5.41) is 9.96. The van der Waals surface area contributed by atoms with Crippen molar-refractivity contribution < 1.29 is 4.79 Å². The van der Waals surface area contributed by atoms with Crippen molar-refractivity contribution in [3.63, 3.8) is 0 Å². The smallest absolute Gasteiger partial charge is 0.271 e. The highest BCUT2D eigenvalue weighted by atomic mass is 16.1. The Labute approximate surface area is 104 Å². The van der Waals surface area contributed by atoms with E-state index in [1.54, 1.807) is 6.20 Å². The van der Waals surface area contributed by atoms with Crippen LogP contribution in [0.15, 0.2) is 24.8 Å². The fraction of sp³-hybridized carbons (Fsp3) is 0.333. The number of aromatic amines is 1. The molecular weight excluding hydrogens is 230 g/mol. The molecule has 0 fully saturated rings. The maximum Gasteiger partial charge on any atom is 0.271 e. The average Bonchev–Trinajstić information content (AvgIpc) is 2.87. The molecule has 6 heteroatoms. The number of hydrogen-bond donors (Lipinski definition) is 2. The monoisotopic (exact) mass is 243 g/mol. The zero-order valence-corrected chi connectivity index (χ0v) is 9.76. The Kier molecular flexibility index (Phi) is 2.76. The number of hydrogen-bond acceptors (Lipinski definition) is 4. The van der Waals surface area contributed by atoms with E-state index >= 15 is 0 Å². The molecule has 6 nitrogen and oxygen atoms in total. The molecular formula is C12H13N5O. The van der Waals surface area contributed by atoms with Crippen LogP contribution in [0.1, 0.15) is 28.2 Å². The molecule has 1 amide bonds. The van der Waals surface area contributed by atoms with E-state index in [9.17, 15) is 4.79 Å². The van der Waals surface area contributed by atoms with Gasteiger partial charge in [0.15, 0.2) is 0 Å². The van der Waals surface area contributed by atoms with Crippen LogP contribution < -0.4 is 5.32 Å². The summed E-state index contributed by atoms with van der Waals surface area (Å²) < 4.78 is 0. The fourth-order valence-corrected chi connectivity index (χ4v) is 2.21. The quantitative estimate of drug-likeness (QED) is 0.804. The molecule has 0 aliphatic heterocycles. The van der Waals surface area contributed by atoms with Gasteiger partial charge in [-0.3, -0.25) is 14.9 Å². The lowest BCUT2D eigenvalue weighted by molar-refractivity contribution is 0.0928. The minimum Gasteiger partial charge on any atom is -0.348 e. The van der Waals surface area contributed by atoms with Gasteiger partial charge in [-0.2, -0.15) is 5.10 Å². The van der Waals surface area contributed by atoms with Crippen molar-refractivity contribution in [2.24, 2.45) is 0 Å². The number of aryl methyl sites for hydroxylation is 1. The molecule has 1 atom stereocenters. The summed E-state index contributed by atoms with van der Waals surface area (Å²) >= 11 is 0. The van der Waals surface area contributed by atoms with Gasteiger partial charge in [0.25, 0.3) is 5.91 Å². The highest BCUT2D eigenvalue weighted by Crippen LogP contribution is 2.18. The summed E-state index contributed by atoms with van der Waals surface area (Å²) in [6.45, 7) is 0. The topological polar surface area (TPSA) is 83.6 Å². The van der Waals surface area contributed by atoms with Crippen LogP contribution in [0.5, 0.6) is 0 Å². The van der Waals surface area contributed by atoms with Gasteiger partial charge < -0.3 is 5.32 Å². The lowest BCUT2D eigenvalue weighted by Crippen LogP contribution is -2.39. The molecule has 92 valence electrons. The van der Waals surface area contributed by atoms with Gasteiger partial charge in [-0.15, -0.1) is 0 Å². The van der Waals surface area contributed by atoms with Crippen LogP contribution in [0.25, 0.3) is 0 Å². The third-order valence-corrected chi connectivity index (χ3v) is 3.15. The number of rotatable bonds is 2. The van der Waals surface area contributed by atoms with Gasteiger partial charge in [-0.1, -0.05) is 0 Å². The van der Waals surface area contributed by atoms with Crippen molar-refractivity contribution in [1.82, 2.24) is 25.5 Å².